The Morgan fingerprint density at radius 3 is 2.56 bits per heavy atom. The fraction of sp³-hybridized carbons (Fsp3) is 0.632. The van der Waals surface area contributed by atoms with Crippen molar-refractivity contribution in [1.29, 1.82) is 0 Å². The lowest BCUT2D eigenvalue weighted by Gasteiger charge is -2.37. The van der Waals surface area contributed by atoms with Crippen LogP contribution in [0, 0.1) is 5.92 Å². The third-order valence-electron chi connectivity index (χ3n) is 5.07. The minimum absolute atomic E-state index is 0. The Morgan fingerprint density at radius 1 is 1.28 bits per heavy atom. The van der Waals surface area contributed by atoms with Crippen LogP contribution in [-0.4, -0.2) is 29.4 Å². The highest BCUT2D eigenvalue weighted by molar-refractivity contribution is 5.93. The van der Waals surface area contributed by atoms with E-state index in [1.165, 1.54) is 5.56 Å². The van der Waals surface area contributed by atoms with Crippen LogP contribution < -0.4 is 11.1 Å². The van der Waals surface area contributed by atoms with Crippen LogP contribution in [0.15, 0.2) is 24.3 Å². The molecule has 0 spiro atoms. The zero-order valence-corrected chi connectivity index (χ0v) is 17.2. The van der Waals surface area contributed by atoms with Crippen molar-refractivity contribution in [3.63, 3.8) is 0 Å². The molecule has 4 nitrogen and oxygen atoms in total. The minimum Gasteiger partial charge on any atom is -0.326 e. The molecule has 1 fully saturated rings. The van der Waals surface area contributed by atoms with Crippen LogP contribution in [0.1, 0.15) is 52.0 Å². The summed E-state index contributed by atoms with van der Waals surface area (Å²) < 4.78 is 0. The zero-order valence-electron chi connectivity index (χ0n) is 15.6. The molecule has 1 amide bonds. The summed E-state index contributed by atoms with van der Waals surface area (Å²) in [5.41, 5.74) is 8.06. The first-order valence-electron chi connectivity index (χ1n) is 8.87. The lowest BCUT2D eigenvalue weighted by Crippen LogP contribution is -2.51. The van der Waals surface area contributed by atoms with Crippen LogP contribution in [0.3, 0.4) is 0 Å². The molecule has 0 radical (unpaired) electrons. The lowest BCUT2D eigenvalue weighted by molar-refractivity contribution is -0.122. The van der Waals surface area contributed by atoms with Gasteiger partial charge in [-0.15, -0.1) is 24.8 Å². The van der Waals surface area contributed by atoms with E-state index in [0.29, 0.717) is 0 Å². The highest BCUT2D eigenvalue weighted by Crippen LogP contribution is 2.32. The standard InChI is InChI=1S/C19H31N3O.2ClH/c1-4-22(5-2)14-15-9-8-10-16(13-15)21-18(23)17-11-6-7-12-19(17,3)20;;/h8-10,13,17H,4-7,11-12,14,20H2,1-3H3,(H,21,23);2*1H. The molecular formula is C19H33Cl2N3O. The van der Waals surface area contributed by atoms with Gasteiger partial charge < -0.3 is 11.1 Å². The Hall–Kier alpha value is -0.810. The van der Waals surface area contributed by atoms with E-state index in [-0.39, 0.29) is 42.2 Å². The Bertz CT molecular complexity index is 533. The SMILES string of the molecule is CCN(CC)Cc1cccc(NC(=O)C2CCCCC2(C)N)c1.Cl.Cl. The third kappa shape index (κ3) is 6.78. The van der Waals surface area contributed by atoms with Crippen LogP contribution in [0.2, 0.25) is 0 Å². The summed E-state index contributed by atoms with van der Waals surface area (Å²) in [7, 11) is 0. The second-order valence-electron chi connectivity index (χ2n) is 6.96. The molecule has 6 heteroatoms. The molecular weight excluding hydrogens is 357 g/mol. The van der Waals surface area contributed by atoms with Crippen LogP contribution in [0.4, 0.5) is 5.69 Å². The zero-order chi connectivity index (χ0) is 16.9. The van der Waals surface area contributed by atoms with Crippen molar-refractivity contribution in [1.82, 2.24) is 4.90 Å². The van der Waals surface area contributed by atoms with Gasteiger partial charge >= 0.3 is 0 Å². The number of rotatable bonds is 6. The molecule has 0 bridgehead atoms. The van der Waals surface area contributed by atoms with E-state index in [1.54, 1.807) is 0 Å². The summed E-state index contributed by atoms with van der Waals surface area (Å²) in [4.78, 5) is 15.0. The highest BCUT2D eigenvalue weighted by atomic mass is 35.5. The monoisotopic (exact) mass is 389 g/mol. The normalized spacial score (nSPS) is 22.7. The number of hydrogen-bond donors (Lipinski definition) is 2. The number of amides is 1. The topological polar surface area (TPSA) is 58.4 Å². The number of nitrogens with two attached hydrogens (primary N) is 1. The molecule has 1 aromatic carbocycles. The van der Waals surface area contributed by atoms with E-state index in [1.807, 2.05) is 19.1 Å². The molecule has 0 heterocycles. The Kier molecular flexibility index (Phi) is 10.7. The molecule has 0 aromatic heterocycles. The first kappa shape index (κ1) is 24.2. The maximum atomic E-state index is 12.6. The van der Waals surface area contributed by atoms with Crippen molar-refractivity contribution in [2.75, 3.05) is 18.4 Å². The van der Waals surface area contributed by atoms with Crippen LogP contribution in [0.25, 0.3) is 0 Å². The molecule has 3 N–H and O–H groups in total. The van der Waals surface area contributed by atoms with E-state index in [0.717, 1.165) is 51.0 Å². The smallest absolute Gasteiger partial charge is 0.229 e. The predicted octanol–water partition coefficient (Wildman–Crippen LogP) is 4.22. The van der Waals surface area contributed by atoms with Gasteiger partial charge in [0.25, 0.3) is 0 Å². The molecule has 2 unspecified atom stereocenters. The highest BCUT2D eigenvalue weighted by Gasteiger charge is 2.37. The Balaban J connectivity index is 0.00000288. The maximum absolute atomic E-state index is 12.6. The Morgan fingerprint density at radius 2 is 1.96 bits per heavy atom. The number of halogens is 2. The fourth-order valence-electron chi connectivity index (χ4n) is 3.47. The predicted molar refractivity (Wildman–Crippen MR) is 111 cm³/mol. The van der Waals surface area contributed by atoms with Crippen LogP contribution in [-0.2, 0) is 11.3 Å². The van der Waals surface area contributed by atoms with Gasteiger partial charge in [-0.05, 0) is 50.6 Å². The number of carbonyl (C=O) groups is 1. The summed E-state index contributed by atoms with van der Waals surface area (Å²) in [6.07, 6.45) is 4.02. The van der Waals surface area contributed by atoms with Gasteiger partial charge in [-0.3, -0.25) is 9.69 Å². The molecule has 0 saturated heterocycles. The number of hydrogen-bond acceptors (Lipinski definition) is 3. The molecule has 0 aliphatic heterocycles. The minimum atomic E-state index is -0.388. The average Bonchev–Trinajstić information content (AvgIpc) is 2.52. The second-order valence-corrected chi connectivity index (χ2v) is 6.96. The molecule has 1 aliphatic carbocycles. The molecule has 2 rings (SSSR count). The molecule has 25 heavy (non-hydrogen) atoms. The summed E-state index contributed by atoms with van der Waals surface area (Å²) in [6, 6.07) is 8.16. The van der Waals surface area contributed by atoms with Gasteiger partial charge in [0.1, 0.15) is 0 Å². The first-order chi connectivity index (χ1) is 11.0. The molecule has 144 valence electrons. The average molecular weight is 390 g/mol. The van der Waals surface area contributed by atoms with Gasteiger partial charge in [-0.2, -0.15) is 0 Å². The van der Waals surface area contributed by atoms with E-state index in [2.05, 4.69) is 36.2 Å². The summed E-state index contributed by atoms with van der Waals surface area (Å²) in [6.45, 7) is 9.31. The third-order valence-corrected chi connectivity index (χ3v) is 5.07. The molecule has 1 aliphatic rings. The van der Waals surface area contributed by atoms with Gasteiger partial charge in [-0.25, -0.2) is 0 Å². The van der Waals surface area contributed by atoms with Crippen molar-refractivity contribution in [3.05, 3.63) is 29.8 Å². The van der Waals surface area contributed by atoms with Gasteiger partial charge in [0.15, 0.2) is 0 Å². The number of nitrogens with one attached hydrogen (secondary N) is 1. The number of anilines is 1. The van der Waals surface area contributed by atoms with E-state index < -0.39 is 0 Å². The second kappa shape index (κ2) is 11.0. The van der Waals surface area contributed by atoms with Crippen LogP contribution in [0.5, 0.6) is 0 Å². The summed E-state index contributed by atoms with van der Waals surface area (Å²) >= 11 is 0. The largest absolute Gasteiger partial charge is 0.326 e. The van der Waals surface area contributed by atoms with Crippen molar-refractivity contribution in [3.8, 4) is 0 Å². The first-order valence-corrected chi connectivity index (χ1v) is 8.87. The quantitative estimate of drug-likeness (QED) is 0.765. The number of carbonyl (C=O) groups excluding carboxylic acids is 1. The van der Waals surface area contributed by atoms with Crippen molar-refractivity contribution < 1.29 is 4.79 Å². The maximum Gasteiger partial charge on any atom is 0.229 e. The van der Waals surface area contributed by atoms with Crippen LogP contribution >= 0.6 is 24.8 Å². The summed E-state index contributed by atoms with van der Waals surface area (Å²) in [5, 5.41) is 3.08. The van der Waals surface area contributed by atoms with Gasteiger partial charge in [0.05, 0.1) is 5.92 Å². The van der Waals surface area contributed by atoms with Gasteiger partial charge in [-0.1, -0.05) is 38.8 Å². The lowest BCUT2D eigenvalue weighted by atomic mass is 9.74. The van der Waals surface area contributed by atoms with E-state index in [4.69, 9.17) is 5.73 Å². The van der Waals surface area contributed by atoms with Crippen molar-refractivity contribution in [2.24, 2.45) is 11.7 Å². The van der Waals surface area contributed by atoms with E-state index >= 15 is 0 Å². The molecule has 1 aromatic rings. The molecule has 2 atom stereocenters. The van der Waals surface area contributed by atoms with E-state index in [9.17, 15) is 4.79 Å². The fourth-order valence-corrected chi connectivity index (χ4v) is 3.47. The number of benzene rings is 1. The van der Waals surface area contributed by atoms with Crippen molar-refractivity contribution in [2.45, 2.75) is 58.5 Å². The summed E-state index contributed by atoms with van der Waals surface area (Å²) in [5.74, 6) is -0.0302. The number of nitrogens with zero attached hydrogens (tertiary/aromatic N) is 1. The van der Waals surface area contributed by atoms with Gasteiger partial charge in [0.2, 0.25) is 5.91 Å². The Labute approximate surface area is 164 Å². The molecule has 1 saturated carbocycles. The van der Waals surface area contributed by atoms with Gasteiger partial charge in [0, 0.05) is 17.8 Å². The van der Waals surface area contributed by atoms with Crippen molar-refractivity contribution >= 4 is 36.4 Å².